The van der Waals surface area contributed by atoms with Gasteiger partial charge in [-0.2, -0.15) is 11.8 Å². The maximum absolute atomic E-state index is 14.2. The molecule has 26 heteroatoms. The van der Waals surface area contributed by atoms with Gasteiger partial charge in [0.05, 0.1) is 19.2 Å². The van der Waals surface area contributed by atoms with Crippen LogP contribution in [0.1, 0.15) is 90.2 Å². The Labute approximate surface area is 452 Å². The molecule has 0 aliphatic carbocycles. The molecule has 2 aromatic rings. The highest BCUT2D eigenvalue weighted by Gasteiger charge is 2.34. The Morgan fingerprint density at radius 3 is 1.57 bits per heavy atom. The zero-order valence-electron chi connectivity index (χ0n) is 44.3. The second-order valence-electron chi connectivity index (χ2n) is 19.1. The number of aliphatic hydroxyl groups excluding tert-OH is 1. The van der Waals surface area contributed by atoms with Crippen LogP contribution in [0.2, 0.25) is 0 Å². The van der Waals surface area contributed by atoms with Crippen molar-refractivity contribution in [2.45, 2.75) is 140 Å². The fourth-order valence-corrected chi connectivity index (χ4v) is 8.08. The average Bonchev–Trinajstić information content (AvgIpc) is 3.38. The molecular formula is C51H79N11O14S. The number of benzene rings is 2. The SMILES string of the molecule is CC[C@H](C)[C@H](NC(=O)CNC(=O)[C@H](Cc1ccc(O)cc1)NC(=O)[C@H](CCSC)NC(=O)[C@H](CCCCN)NC(=O)[C@H](CCC(N)=O)NC(=O)[C@@H](N)Cc1ccc(O)cc1)C(=O)N[C@@H](CO)C(=O)N[C@@H](CC(C)C)C(=O)O. The second-order valence-corrected chi connectivity index (χ2v) is 20.1. The fraction of sp³-hybridized carbons (Fsp3) is 0.569. The van der Waals surface area contributed by atoms with E-state index < -0.39 is 127 Å². The van der Waals surface area contributed by atoms with Gasteiger partial charge in [0.2, 0.25) is 53.2 Å². The van der Waals surface area contributed by atoms with E-state index >= 15 is 0 Å². The number of amides is 9. The van der Waals surface area contributed by atoms with Gasteiger partial charge in [-0.05, 0) is 111 Å². The number of carbonyl (C=O) groups is 10. The number of aliphatic hydroxyl groups is 1. The molecule has 0 unspecified atom stereocenters. The van der Waals surface area contributed by atoms with Crippen molar-refractivity contribution in [1.29, 1.82) is 0 Å². The second kappa shape index (κ2) is 34.6. The molecule has 18 N–H and O–H groups in total. The summed E-state index contributed by atoms with van der Waals surface area (Å²) < 4.78 is 0. The quantitative estimate of drug-likeness (QED) is 0.0329. The van der Waals surface area contributed by atoms with Crippen LogP contribution < -0.4 is 59.7 Å². The van der Waals surface area contributed by atoms with Crippen LogP contribution in [0.4, 0.5) is 0 Å². The van der Waals surface area contributed by atoms with Crippen molar-refractivity contribution in [2.75, 3.05) is 31.7 Å². The normalized spacial score (nSPS) is 14.6. The number of phenols is 2. The lowest BCUT2D eigenvalue weighted by molar-refractivity contribution is -0.143. The first-order chi connectivity index (χ1) is 36.4. The van der Waals surface area contributed by atoms with Gasteiger partial charge in [0.1, 0.15) is 53.8 Å². The Morgan fingerprint density at radius 1 is 0.597 bits per heavy atom. The van der Waals surface area contributed by atoms with Crippen LogP contribution in [0.5, 0.6) is 11.5 Å². The summed E-state index contributed by atoms with van der Waals surface area (Å²) in [5.41, 5.74) is 18.4. The highest BCUT2D eigenvalue weighted by molar-refractivity contribution is 7.98. The van der Waals surface area contributed by atoms with E-state index in [2.05, 4.69) is 42.5 Å². The number of nitrogens with two attached hydrogens (primary N) is 3. The zero-order valence-corrected chi connectivity index (χ0v) is 45.1. The molecule has 428 valence electrons. The molecule has 0 heterocycles. The summed E-state index contributed by atoms with van der Waals surface area (Å²) in [5, 5.41) is 59.3. The number of hydrogen-bond acceptors (Lipinski definition) is 16. The first-order valence-electron chi connectivity index (χ1n) is 25.4. The third kappa shape index (κ3) is 24.7. The summed E-state index contributed by atoms with van der Waals surface area (Å²) in [5.74, 6) is -9.29. The number of primary amides is 1. The summed E-state index contributed by atoms with van der Waals surface area (Å²) in [6, 6.07) is 0.956. The van der Waals surface area contributed by atoms with Crippen LogP contribution in [0.15, 0.2) is 48.5 Å². The monoisotopic (exact) mass is 1100 g/mol. The minimum Gasteiger partial charge on any atom is -0.508 e. The standard InChI is InChI=1S/C51H79N11O14S/c1-6-29(4)43(50(74)61-40(27-63)49(73)60-39(51(75)76)23-28(2)3)62-42(67)26-55-45(69)38(25-31-12-16-33(65)17-13-31)59-48(72)37(20-22-77-5)58-46(70)35(9-7-8-21-52)57-47(71)36(18-19-41(54)66)56-44(68)34(53)24-30-10-14-32(64)15-11-30/h10-17,28-29,34-40,43,63-65H,6-9,18-27,52-53H2,1-5H3,(H2,54,66)(H,55,69)(H,56,68)(H,57,71)(H,58,70)(H,59,72)(H,60,73)(H,61,74)(H,62,67)(H,75,76)/t29-,34-,35-,36-,37-,38-,39-,40-,43-/m0/s1. The van der Waals surface area contributed by atoms with Crippen molar-refractivity contribution in [3.05, 3.63) is 59.7 Å². The van der Waals surface area contributed by atoms with Crippen molar-refractivity contribution in [3.63, 3.8) is 0 Å². The first kappa shape index (κ1) is 66.1. The minimum absolute atomic E-state index is 0.00599. The highest BCUT2D eigenvalue weighted by atomic mass is 32.2. The Balaban J connectivity index is 2.34. The lowest BCUT2D eigenvalue weighted by Gasteiger charge is -2.27. The lowest BCUT2D eigenvalue weighted by atomic mass is 9.97. The Hall–Kier alpha value is -7.03. The van der Waals surface area contributed by atoms with E-state index in [1.54, 1.807) is 46.1 Å². The van der Waals surface area contributed by atoms with E-state index in [1.807, 2.05) is 0 Å². The van der Waals surface area contributed by atoms with Gasteiger partial charge in [0.15, 0.2) is 0 Å². The fourth-order valence-electron chi connectivity index (χ4n) is 7.61. The summed E-state index contributed by atoms with van der Waals surface area (Å²) >= 11 is 1.35. The number of aromatic hydroxyl groups is 2. The molecule has 0 bridgehead atoms. The van der Waals surface area contributed by atoms with Crippen molar-refractivity contribution >= 4 is 70.9 Å². The number of thioether (sulfide) groups is 1. The number of aliphatic carboxylic acids is 1. The van der Waals surface area contributed by atoms with Gasteiger partial charge in [-0.3, -0.25) is 43.2 Å². The molecule has 0 aliphatic heterocycles. The largest absolute Gasteiger partial charge is 0.508 e. The molecule has 0 aromatic heterocycles. The number of unbranched alkanes of at least 4 members (excludes halogenated alkanes) is 1. The highest BCUT2D eigenvalue weighted by Crippen LogP contribution is 2.15. The van der Waals surface area contributed by atoms with E-state index in [4.69, 9.17) is 17.2 Å². The van der Waals surface area contributed by atoms with E-state index in [-0.39, 0.29) is 68.9 Å². The summed E-state index contributed by atoms with van der Waals surface area (Å²) in [7, 11) is 0. The van der Waals surface area contributed by atoms with E-state index in [9.17, 15) is 68.4 Å². The van der Waals surface area contributed by atoms with Gasteiger partial charge in [-0.1, -0.05) is 58.4 Å². The summed E-state index contributed by atoms with van der Waals surface area (Å²) in [6.07, 6.45) is 2.30. The number of nitrogens with one attached hydrogen (secondary N) is 8. The van der Waals surface area contributed by atoms with Gasteiger partial charge in [0.25, 0.3) is 0 Å². The Bertz CT molecular complexity index is 2270. The van der Waals surface area contributed by atoms with Gasteiger partial charge in [0, 0.05) is 12.8 Å². The minimum atomic E-state index is -1.57. The van der Waals surface area contributed by atoms with E-state index in [1.165, 1.54) is 48.2 Å². The van der Waals surface area contributed by atoms with Gasteiger partial charge in [-0.15, -0.1) is 0 Å². The molecule has 0 saturated heterocycles. The van der Waals surface area contributed by atoms with Crippen molar-refractivity contribution in [1.82, 2.24) is 42.5 Å². The van der Waals surface area contributed by atoms with Crippen molar-refractivity contribution in [3.8, 4) is 11.5 Å². The van der Waals surface area contributed by atoms with Crippen LogP contribution in [0.3, 0.4) is 0 Å². The molecule has 2 rings (SSSR count). The van der Waals surface area contributed by atoms with Crippen LogP contribution >= 0.6 is 11.8 Å². The molecule has 9 amide bonds. The third-order valence-electron chi connectivity index (χ3n) is 12.2. The number of hydrogen-bond donors (Lipinski definition) is 15. The molecule has 25 nitrogen and oxygen atoms in total. The predicted octanol–water partition coefficient (Wildman–Crippen LogP) is -1.96. The lowest BCUT2D eigenvalue weighted by Crippen LogP contribution is -2.60. The van der Waals surface area contributed by atoms with E-state index in [0.29, 0.717) is 36.1 Å². The number of rotatable bonds is 36. The molecule has 9 atom stereocenters. The maximum atomic E-state index is 14.2. The maximum Gasteiger partial charge on any atom is 0.326 e. The van der Waals surface area contributed by atoms with Crippen LogP contribution in [0.25, 0.3) is 0 Å². The first-order valence-corrected chi connectivity index (χ1v) is 26.8. The van der Waals surface area contributed by atoms with Gasteiger partial charge < -0.3 is 80.2 Å². The number of carbonyl (C=O) groups excluding carboxylic acids is 9. The third-order valence-corrected chi connectivity index (χ3v) is 12.9. The van der Waals surface area contributed by atoms with Crippen LogP contribution in [-0.4, -0.2) is 160 Å². The van der Waals surface area contributed by atoms with Gasteiger partial charge in [-0.25, -0.2) is 4.79 Å². The number of carboxylic acid groups (broad SMARTS) is 1. The molecule has 0 saturated carbocycles. The Morgan fingerprint density at radius 2 is 1.08 bits per heavy atom. The zero-order chi connectivity index (χ0) is 57.8. The molecule has 0 spiro atoms. The predicted molar refractivity (Wildman–Crippen MR) is 286 cm³/mol. The summed E-state index contributed by atoms with van der Waals surface area (Å²) in [4.78, 5) is 133. The Kier molecular flexibility index (Phi) is 29.7. The molecule has 77 heavy (non-hydrogen) atoms. The molecule has 0 fully saturated rings. The molecule has 0 radical (unpaired) electrons. The van der Waals surface area contributed by atoms with Crippen molar-refractivity contribution < 1.29 is 68.4 Å². The van der Waals surface area contributed by atoms with Crippen LogP contribution in [-0.2, 0) is 60.8 Å². The van der Waals surface area contributed by atoms with Crippen molar-refractivity contribution in [2.24, 2.45) is 29.0 Å². The molecular weight excluding hydrogens is 1020 g/mol. The van der Waals surface area contributed by atoms with Gasteiger partial charge >= 0.3 is 5.97 Å². The van der Waals surface area contributed by atoms with Crippen LogP contribution in [0, 0.1) is 11.8 Å². The number of carboxylic acids is 1. The molecule has 2 aromatic carbocycles. The average molecular weight is 1100 g/mol. The topological polar surface area (TPSA) is 426 Å². The number of phenolic OH excluding ortho intramolecular Hbond substituents is 2. The van der Waals surface area contributed by atoms with E-state index in [0.717, 1.165) is 0 Å². The smallest absolute Gasteiger partial charge is 0.326 e. The summed E-state index contributed by atoms with van der Waals surface area (Å²) in [6.45, 7) is 5.51. The molecule has 0 aliphatic rings.